The van der Waals surface area contributed by atoms with E-state index in [0.29, 0.717) is 0 Å². The summed E-state index contributed by atoms with van der Waals surface area (Å²) in [6, 6.07) is 5.94. The van der Waals surface area contributed by atoms with Crippen molar-refractivity contribution in [1.29, 1.82) is 0 Å². The van der Waals surface area contributed by atoms with Crippen molar-refractivity contribution in [3.05, 3.63) is 29.0 Å². The number of fused-ring (bicyclic) bond motifs is 1. The third-order valence-corrected chi connectivity index (χ3v) is 4.70. The second-order valence-electron chi connectivity index (χ2n) is 5.54. The second kappa shape index (κ2) is 4.80. The van der Waals surface area contributed by atoms with Crippen LogP contribution in [0.5, 0.6) is 0 Å². The van der Waals surface area contributed by atoms with Gasteiger partial charge in [-0.05, 0) is 44.0 Å². The zero-order chi connectivity index (χ0) is 13.5. The van der Waals surface area contributed by atoms with Crippen molar-refractivity contribution in [3.63, 3.8) is 0 Å². The molecule has 3 nitrogen and oxygen atoms in total. The molecular weight excluding hydrogens is 258 g/mol. The number of piperidine rings is 1. The maximum absolute atomic E-state index is 6.10. The van der Waals surface area contributed by atoms with Gasteiger partial charge < -0.3 is 9.88 Å². The standard InChI is InChI=1S/C15H20ClN3/c1-3-15(7-4-8-17-10-15)14-18-12-6-5-11(16)9-13(12)19(14)2/h5-6,9,17H,3-4,7-8,10H2,1-2H3. The van der Waals surface area contributed by atoms with Gasteiger partial charge in [0.15, 0.2) is 0 Å². The molecule has 1 aliphatic rings. The molecule has 1 atom stereocenters. The lowest BCUT2D eigenvalue weighted by Crippen LogP contribution is -2.44. The zero-order valence-corrected chi connectivity index (χ0v) is 12.3. The summed E-state index contributed by atoms with van der Waals surface area (Å²) >= 11 is 6.10. The van der Waals surface area contributed by atoms with E-state index in [9.17, 15) is 0 Å². The number of aryl methyl sites for hydroxylation is 1. The lowest BCUT2D eigenvalue weighted by atomic mass is 9.77. The summed E-state index contributed by atoms with van der Waals surface area (Å²) in [5.41, 5.74) is 2.33. The first-order valence-corrected chi connectivity index (χ1v) is 7.37. The Kier molecular flexibility index (Phi) is 3.27. The van der Waals surface area contributed by atoms with Crippen LogP contribution in [0.3, 0.4) is 0 Å². The second-order valence-corrected chi connectivity index (χ2v) is 5.98. The number of halogens is 1. The van der Waals surface area contributed by atoms with E-state index in [1.54, 1.807) is 0 Å². The Morgan fingerprint density at radius 1 is 1.47 bits per heavy atom. The molecule has 0 aliphatic carbocycles. The van der Waals surface area contributed by atoms with Gasteiger partial charge in [-0.3, -0.25) is 0 Å². The van der Waals surface area contributed by atoms with Crippen LogP contribution in [0.1, 0.15) is 32.0 Å². The van der Waals surface area contributed by atoms with Crippen molar-refractivity contribution >= 4 is 22.6 Å². The molecule has 1 aromatic heterocycles. The molecule has 3 rings (SSSR count). The number of nitrogens with one attached hydrogen (secondary N) is 1. The maximum Gasteiger partial charge on any atom is 0.117 e. The average molecular weight is 278 g/mol. The molecular formula is C15H20ClN3. The summed E-state index contributed by atoms with van der Waals surface area (Å²) in [4.78, 5) is 4.88. The van der Waals surface area contributed by atoms with E-state index in [1.165, 1.54) is 18.7 Å². The maximum atomic E-state index is 6.10. The molecule has 0 amide bonds. The van der Waals surface area contributed by atoms with E-state index in [0.717, 1.165) is 35.6 Å². The van der Waals surface area contributed by atoms with Gasteiger partial charge in [-0.1, -0.05) is 18.5 Å². The minimum atomic E-state index is 0.165. The summed E-state index contributed by atoms with van der Waals surface area (Å²) < 4.78 is 2.22. The van der Waals surface area contributed by atoms with Crippen LogP contribution < -0.4 is 5.32 Å². The highest BCUT2D eigenvalue weighted by molar-refractivity contribution is 6.31. The number of benzene rings is 1. The van der Waals surface area contributed by atoms with Crippen LogP contribution in [-0.2, 0) is 12.5 Å². The third-order valence-electron chi connectivity index (χ3n) is 4.47. The number of hydrogen-bond donors (Lipinski definition) is 1. The monoisotopic (exact) mass is 277 g/mol. The van der Waals surface area contributed by atoms with Gasteiger partial charge in [0.05, 0.1) is 11.0 Å². The first kappa shape index (κ1) is 12.9. The van der Waals surface area contributed by atoms with Crippen LogP contribution >= 0.6 is 11.6 Å². The van der Waals surface area contributed by atoms with E-state index in [4.69, 9.17) is 16.6 Å². The smallest absolute Gasteiger partial charge is 0.117 e. The fraction of sp³-hybridized carbons (Fsp3) is 0.533. The fourth-order valence-corrected chi connectivity index (χ4v) is 3.42. The molecule has 1 fully saturated rings. The minimum absolute atomic E-state index is 0.165. The van der Waals surface area contributed by atoms with Crippen LogP contribution in [0.4, 0.5) is 0 Å². The Labute approximate surface area is 119 Å². The quantitative estimate of drug-likeness (QED) is 0.913. The number of aromatic nitrogens is 2. The summed E-state index contributed by atoms with van der Waals surface area (Å²) in [5.74, 6) is 1.19. The van der Waals surface area contributed by atoms with Crippen molar-refractivity contribution in [3.8, 4) is 0 Å². The first-order valence-electron chi connectivity index (χ1n) is 6.99. The van der Waals surface area contributed by atoms with Gasteiger partial charge in [0.2, 0.25) is 0 Å². The number of rotatable bonds is 2. The van der Waals surface area contributed by atoms with Gasteiger partial charge in [-0.25, -0.2) is 4.98 Å². The lowest BCUT2D eigenvalue weighted by molar-refractivity contribution is 0.283. The van der Waals surface area contributed by atoms with Crippen LogP contribution in [0.2, 0.25) is 5.02 Å². The molecule has 1 unspecified atom stereocenters. The number of hydrogen-bond acceptors (Lipinski definition) is 2. The predicted octanol–water partition coefficient (Wildman–Crippen LogP) is 3.26. The van der Waals surface area contributed by atoms with Gasteiger partial charge >= 0.3 is 0 Å². The molecule has 1 N–H and O–H groups in total. The molecule has 102 valence electrons. The van der Waals surface area contributed by atoms with Gasteiger partial charge in [0.1, 0.15) is 5.82 Å². The van der Waals surface area contributed by atoms with E-state index in [2.05, 4.69) is 23.9 Å². The van der Waals surface area contributed by atoms with Crippen molar-refractivity contribution in [1.82, 2.24) is 14.9 Å². The Morgan fingerprint density at radius 3 is 3.00 bits per heavy atom. The van der Waals surface area contributed by atoms with Crippen LogP contribution in [0.15, 0.2) is 18.2 Å². The molecule has 0 radical (unpaired) electrons. The Hall–Kier alpha value is -1.06. The largest absolute Gasteiger partial charge is 0.331 e. The van der Waals surface area contributed by atoms with Crippen molar-refractivity contribution in [2.24, 2.45) is 7.05 Å². The summed E-state index contributed by atoms with van der Waals surface area (Å²) in [7, 11) is 2.10. The molecule has 2 heterocycles. The van der Waals surface area contributed by atoms with Gasteiger partial charge in [-0.15, -0.1) is 0 Å². The molecule has 1 saturated heterocycles. The highest BCUT2D eigenvalue weighted by atomic mass is 35.5. The normalized spacial score (nSPS) is 23.9. The van der Waals surface area contributed by atoms with E-state index in [-0.39, 0.29) is 5.41 Å². The highest BCUT2D eigenvalue weighted by Gasteiger charge is 2.36. The molecule has 2 aromatic rings. The van der Waals surface area contributed by atoms with E-state index < -0.39 is 0 Å². The average Bonchev–Trinajstić information content (AvgIpc) is 2.77. The number of imidazole rings is 1. The van der Waals surface area contributed by atoms with Crippen molar-refractivity contribution in [2.45, 2.75) is 31.6 Å². The summed E-state index contributed by atoms with van der Waals surface area (Å²) in [6.07, 6.45) is 3.55. The SMILES string of the molecule is CCC1(c2nc3ccc(Cl)cc3n2C)CCCNC1. The van der Waals surface area contributed by atoms with Gasteiger partial charge in [-0.2, -0.15) is 0 Å². The van der Waals surface area contributed by atoms with E-state index >= 15 is 0 Å². The topological polar surface area (TPSA) is 29.9 Å². The van der Waals surface area contributed by atoms with Crippen LogP contribution in [0, 0.1) is 0 Å². The van der Waals surface area contributed by atoms with Crippen LogP contribution in [0.25, 0.3) is 11.0 Å². The van der Waals surface area contributed by atoms with Crippen molar-refractivity contribution < 1.29 is 0 Å². The minimum Gasteiger partial charge on any atom is -0.331 e. The lowest BCUT2D eigenvalue weighted by Gasteiger charge is -2.36. The Morgan fingerprint density at radius 2 is 2.32 bits per heavy atom. The molecule has 4 heteroatoms. The van der Waals surface area contributed by atoms with Crippen molar-refractivity contribution in [2.75, 3.05) is 13.1 Å². The third kappa shape index (κ3) is 2.05. The molecule has 0 bridgehead atoms. The molecule has 0 spiro atoms. The molecule has 1 aromatic carbocycles. The fourth-order valence-electron chi connectivity index (χ4n) is 3.26. The number of nitrogens with zero attached hydrogens (tertiary/aromatic N) is 2. The first-order chi connectivity index (χ1) is 9.16. The van der Waals surface area contributed by atoms with Gasteiger partial charge in [0.25, 0.3) is 0 Å². The summed E-state index contributed by atoms with van der Waals surface area (Å²) in [6.45, 7) is 4.41. The Balaban J connectivity index is 2.15. The Bertz CT molecular complexity index is 597. The molecule has 19 heavy (non-hydrogen) atoms. The van der Waals surface area contributed by atoms with E-state index in [1.807, 2.05) is 18.2 Å². The zero-order valence-electron chi connectivity index (χ0n) is 11.5. The molecule has 1 aliphatic heterocycles. The summed E-state index contributed by atoms with van der Waals surface area (Å²) in [5, 5.41) is 4.30. The van der Waals surface area contributed by atoms with Crippen LogP contribution in [-0.4, -0.2) is 22.6 Å². The molecule has 0 saturated carbocycles. The highest BCUT2D eigenvalue weighted by Crippen LogP contribution is 2.35. The van der Waals surface area contributed by atoms with Gasteiger partial charge in [0, 0.05) is 24.0 Å². The predicted molar refractivity (Wildman–Crippen MR) is 79.8 cm³/mol.